The average Bonchev–Trinajstić information content (AvgIpc) is 3.03. The Morgan fingerprint density at radius 1 is 0.958 bits per heavy atom. The van der Waals surface area contributed by atoms with E-state index in [9.17, 15) is 4.79 Å². The molecule has 3 aromatic rings. The Labute approximate surface area is 140 Å². The van der Waals surface area contributed by atoms with E-state index in [4.69, 9.17) is 4.74 Å². The zero-order valence-corrected chi connectivity index (χ0v) is 13.3. The third-order valence-electron chi connectivity index (χ3n) is 4.31. The first kappa shape index (κ1) is 14.5. The van der Waals surface area contributed by atoms with Crippen LogP contribution < -0.4 is 14.5 Å². The van der Waals surface area contributed by atoms with Crippen LogP contribution in [0, 0.1) is 0 Å². The van der Waals surface area contributed by atoms with Crippen LogP contribution in [0.3, 0.4) is 0 Å². The van der Waals surface area contributed by atoms with E-state index in [0.717, 1.165) is 27.9 Å². The lowest BCUT2D eigenvalue weighted by atomic mass is 10.1. The quantitative estimate of drug-likeness (QED) is 0.739. The van der Waals surface area contributed by atoms with Gasteiger partial charge in [0.2, 0.25) is 0 Å². The Balaban J connectivity index is 1.64. The monoisotopic (exact) mass is 319 g/mol. The number of pyridine rings is 1. The van der Waals surface area contributed by atoms with E-state index in [1.54, 1.807) is 29.3 Å². The molecule has 0 unspecified atom stereocenters. The van der Waals surface area contributed by atoms with E-state index in [1.807, 2.05) is 48.5 Å². The second-order valence-electron chi connectivity index (χ2n) is 5.69. The van der Waals surface area contributed by atoms with Crippen LogP contribution in [-0.2, 0) is 0 Å². The maximum absolute atomic E-state index is 12.7. The summed E-state index contributed by atoms with van der Waals surface area (Å²) in [5.41, 5.74) is 1.74. The number of methoxy groups -OCH3 is 1. The molecule has 1 saturated heterocycles. The summed E-state index contributed by atoms with van der Waals surface area (Å²) >= 11 is 0. The number of urea groups is 1. The number of nitrogens with zero attached hydrogens (tertiary/aromatic N) is 3. The summed E-state index contributed by atoms with van der Waals surface area (Å²) in [6.45, 7) is 1.32. The van der Waals surface area contributed by atoms with Gasteiger partial charge in [-0.15, -0.1) is 0 Å². The minimum atomic E-state index is -0.0177. The summed E-state index contributed by atoms with van der Waals surface area (Å²) in [7, 11) is 1.66. The Morgan fingerprint density at radius 3 is 2.46 bits per heavy atom. The first-order chi connectivity index (χ1) is 11.8. The summed E-state index contributed by atoms with van der Waals surface area (Å²) in [6.07, 6.45) is 3.42. The average molecular weight is 319 g/mol. The maximum Gasteiger partial charge on any atom is 0.329 e. The fraction of sp³-hybridized carbons (Fsp3) is 0.158. The van der Waals surface area contributed by atoms with Gasteiger partial charge in [0.15, 0.2) is 0 Å². The molecule has 0 bridgehead atoms. The van der Waals surface area contributed by atoms with Crippen molar-refractivity contribution in [1.82, 2.24) is 4.98 Å². The number of carbonyl (C=O) groups is 1. The highest BCUT2D eigenvalue weighted by molar-refractivity contribution is 6.07. The highest BCUT2D eigenvalue weighted by atomic mass is 16.5. The summed E-state index contributed by atoms with van der Waals surface area (Å²) < 4.78 is 5.26. The minimum Gasteiger partial charge on any atom is -0.497 e. The van der Waals surface area contributed by atoms with Gasteiger partial charge in [0.25, 0.3) is 0 Å². The number of rotatable bonds is 3. The number of fused-ring (bicyclic) bond motifs is 1. The van der Waals surface area contributed by atoms with Gasteiger partial charge in [0.1, 0.15) is 5.75 Å². The molecule has 1 fully saturated rings. The molecule has 0 aliphatic carbocycles. The Bertz CT molecular complexity index is 896. The van der Waals surface area contributed by atoms with E-state index in [-0.39, 0.29) is 6.03 Å². The number of amides is 2. The second kappa shape index (κ2) is 5.85. The SMILES string of the molecule is COc1ccc2cc(N3CCN(c4cccnc4)C3=O)ccc2c1. The van der Waals surface area contributed by atoms with Crippen molar-refractivity contribution in [2.75, 3.05) is 30.0 Å². The lowest BCUT2D eigenvalue weighted by Crippen LogP contribution is -2.31. The lowest BCUT2D eigenvalue weighted by Gasteiger charge is -2.19. The zero-order valence-electron chi connectivity index (χ0n) is 13.3. The van der Waals surface area contributed by atoms with Crippen molar-refractivity contribution in [3.05, 3.63) is 60.9 Å². The first-order valence-corrected chi connectivity index (χ1v) is 7.83. The predicted octanol–water partition coefficient (Wildman–Crippen LogP) is 3.69. The van der Waals surface area contributed by atoms with Gasteiger partial charge in [0, 0.05) is 25.0 Å². The van der Waals surface area contributed by atoms with Crippen LogP contribution in [0.4, 0.5) is 16.2 Å². The largest absolute Gasteiger partial charge is 0.497 e. The summed E-state index contributed by atoms with van der Waals surface area (Å²) in [5.74, 6) is 0.829. The van der Waals surface area contributed by atoms with E-state index < -0.39 is 0 Å². The number of ether oxygens (including phenoxy) is 1. The van der Waals surface area contributed by atoms with Crippen LogP contribution in [0.25, 0.3) is 10.8 Å². The van der Waals surface area contributed by atoms with E-state index >= 15 is 0 Å². The Kier molecular flexibility index (Phi) is 3.54. The van der Waals surface area contributed by atoms with Gasteiger partial charge in [0.05, 0.1) is 19.0 Å². The van der Waals surface area contributed by atoms with Crippen molar-refractivity contribution in [1.29, 1.82) is 0 Å². The highest BCUT2D eigenvalue weighted by Gasteiger charge is 2.30. The number of benzene rings is 2. The zero-order chi connectivity index (χ0) is 16.5. The first-order valence-electron chi connectivity index (χ1n) is 7.83. The summed E-state index contributed by atoms with van der Waals surface area (Å²) in [4.78, 5) is 20.4. The van der Waals surface area contributed by atoms with Gasteiger partial charge in [-0.25, -0.2) is 4.79 Å². The maximum atomic E-state index is 12.7. The Hall–Kier alpha value is -3.08. The number of aromatic nitrogens is 1. The number of hydrogen-bond donors (Lipinski definition) is 0. The molecule has 1 aromatic heterocycles. The fourth-order valence-electron chi connectivity index (χ4n) is 3.04. The van der Waals surface area contributed by atoms with Gasteiger partial charge in [-0.1, -0.05) is 12.1 Å². The van der Waals surface area contributed by atoms with Crippen molar-refractivity contribution in [2.24, 2.45) is 0 Å². The molecule has 0 spiro atoms. The van der Waals surface area contributed by atoms with Crippen LogP contribution in [0.1, 0.15) is 0 Å². The molecule has 24 heavy (non-hydrogen) atoms. The second-order valence-corrected chi connectivity index (χ2v) is 5.69. The van der Waals surface area contributed by atoms with Gasteiger partial charge < -0.3 is 4.74 Å². The summed E-state index contributed by atoms with van der Waals surface area (Å²) in [5, 5.41) is 2.18. The molecule has 5 nitrogen and oxygen atoms in total. The van der Waals surface area contributed by atoms with Crippen molar-refractivity contribution in [3.63, 3.8) is 0 Å². The lowest BCUT2D eigenvalue weighted by molar-refractivity contribution is 0.256. The molecule has 0 N–H and O–H groups in total. The third kappa shape index (κ3) is 2.44. The van der Waals surface area contributed by atoms with E-state index in [0.29, 0.717) is 13.1 Å². The van der Waals surface area contributed by atoms with Crippen LogP contribution >= 0.6 is 0 Å². The van der Waals surface area contributed by atoms with Crippen molar-refractivity contribution in [3.8, 4) is 5.75 Å². The molecule has 2 aromatic carbocycles. The standard InChI is InChI=1S/C19H17N3O2/c1-24-18-7-5-14-11-16(6-4-15(14)12-18)21-9-10-22(19(21)23)17-3-2-8-20-13-17/h2-8,11-13H,9-10H2,1H3. The third-order valence-corrected chi connectivity index (χ3v) is 4.31. The van der Waals surface area contributed by atoms with Gasteiger partial charge in [-0.05, 0) is 47.2 Å². The van der Waals surface area contributed by atoms with Crippen LogP contribution in [0.2, 0.25) is 0 Å². The molecule has 0 radical (unpaired) electrons. The van der Waals surface area contributed by atoms with Crippen molar-refractivity contribution >= 4 is 28.2 Å². The molecule has 1 aliphatic rings. The van der Waals surface area contributed by atoms with Crippen LogP contribution in [-0.4, -0.2) is 31.2 Å². The number of anilines is 2. The molecule has 5 heteroatoms. The fourth-order valence-corrected chi connectivity index (χ4v) is 3.04. The minimum absolute atomic E-state index is 0.0177. The molecule has 2 heterocycles. The van der Waals surface area contributed by atoms with Gasteiger partial charge in [-0.3, -0.25) is 14.8 Å². The smallest absolute Gasteiger partial charge is 0.329 e. The highest BCUT2D eigenvalue weighted by Crippen LogP contribution is 2.29. The molecule has 4 rings (SSSR count). The van der Waals surface area contributed by atoms with E-state index in [2.05, 4.69) is 4.98 Å². The molecular weight excluding hydrogens is 302 g/mol. The number of carbonyl (C=O) groups excluding carboxylic acids is 1. The Morgan fingerprint density at radius 2 is 1.71 bits per heavy atom. The summed E-state index contributed by atoms with van der Waals surface area (Å²) in [6, 6.07) is 15.7. The normalized spacial score (nSPS) is 14.5. The molecule has 0 atom stereocenters. The van der Waals surface area contributed by atoms with Crippen LogP contribution in [0.15, 0.2) is 60.9 Å². The van der Waals surface area contributed by atoms with Crippen molar-refractivity contribution in [2.45, 2.75) is 0 Å². The van der Waals surface area contributed by atoms with Gasteiger partial charge >= 0.3 is 6.03 Å². The number of hydrogen-bond acceptors (Lipinski definition) is 3. The molecule has 120 valence electrons. The molecule has 2 amide bonds. The topological polar surface area (TPSA) is 45.7 Å². The molecule has 1 aliphatic heterocycles. The van der Waals surface area contributed by atoms with E-state index in [1.165, 1.54) is 0 Å². The van der Waals surface area contributed by atoms with Crippen LogP contribution in [0.5, 0.6) is 5.75 Å². The van der Waals surface area contributed by atoms with Gasteiger partial charge in [-0.2, -0.15) is 0 Å². The molecular formula is C19H17N3O2. The predicted molar refractivity (Wildman–Crippen MR) is 94.8 cm³/mol. The molecule has 0 saturated carbocycles. The van der Waals surface area contributed by atoms with Crippen molar-refractivity contribution < 1.29 is 9.53 Å².